The molecule has 0 N–H and O–H groups in total. The molecule has 70 valence electrons. The molecule has 13 heavy (non-hydrogen) atoms. The van der Waals surface area contributed by atoms with E-state index in [1.807, 2.05) is 6.92 Å². The Morgan fingerprint density at radius 2 is 2.00 bits per heavy atom. The van der Waals surface area contributed by atoms with E-state index in [9.17, 15) is 9.18 Å². The Hall–Kier alpha value is -0.700. The molecule has 0 saturated heterocycles. The van der Waals surface area contributed by atoms with Gasteiger partial charge in [0.2, 0.25) is 0 Å². The van der Waals surface area contributed by atoms with Crippen LogP contribution in [-0.4, -0.2) is 10.6 Å². The van der Waals surface area contributed by atoms with Gasteiger partial charge >= 0.3 is 0 Å². The fraction of sp³-hybridized carbons (Fsp3) is 0.300. The number of carbonyl (C=O) groups is 1. The number of alkyl halides is 1. The van der Waals surface area contributed by atoms with Gasteiger partial charge in [0.25, 0.3) is 0 Å². The maximum atomic E-state index is 12.5. The van der Waals surface area contributed by atoms with Crippen LogP contribution in [0.3, 0.4) is 0 Å². The molecule has 0 saturated carbocycles. The van der Waals surface area contributed by atoms with E-state index in [4.69, 9.17) is 0 Å². The molecule has 0 fully saturated rings. The molecule has 0 radical (unpaired) electrons. The van der Waals surface area contributed by atoms with Crippen LogP contribution in [0.1, 0.15) is 23.7 Å². The summed E-state index contributed by atoms with van der Waals surface area (Å²) < 4.78 is 12.5. The fourth-order valence-electron chi connectivity index (χ4n) is 0.980. The number of hydrogen-bond donors (Lipinski definition) is 0. The SMILES string of the molecule is CCC(Br)C(=O)c1ccc(F)cc1. The van der Waals surface area contributed by atoms with Crippen molar-refractivity contribution in [1.29, 1.82) is 0 Å². The molecule has 1 rings (SSSR count). The molecule has 0 aromatic heterocycles. The van der Waals surface area contributed by atoms with Crippen molar-refractivity contribution in [2.24, 2.45) is 0 Å². The third-order valence-corrected chi connectivity index (χ3v) is 2.83. The lowest BCUT2D eigenvalue weighted by Crippen LogP contribution is -2.12. The molecule has 1 aromatic rings. The van der Waals surface area contributed by atoms with Crippen LogP contribution in [0.25, 0.3) is 0 Å². The average molecular weight is 245 g/mol. The van der Waals surface area contributed by atoms with E-state index in [1.165, 1.54) is 24.3 Å². The second-order valence-electron chi connectivity index (χ2n) is 2.75. The first kappa shape index (κ1) is 10.4. The maximum Gasteiger partial charge on any atom is 0.176 e. The molecule has 1 unspecified atom stereocenters. The van der Waals surface area contributed by atoms with E-state index in [-0.39, 0.29) is 16.4 Å². The molecule has 1 aromatic carbocycles. The minimum absolute atomic E-state index is 0.00231. The van der Waals surface area contributed by atoms with Crippen LogP contribution in [-0.2, 0) is 0 Å². The molecule has 0 aliphatic rings. The van der Waals surface area contributed by atoms with E-state index in [1.54, 1.807) is 0 Å². The first-order chi connectivity index (χ1) is 6.15. The summed E-state index contributed by atoms with van der Waals surface area (Å²) in [5.74, 6) is -0.318. The monoisotopic (exact) mass is 244 g/mol. The second kappa shape index (κ2) is 4.51. The number of carbonyl (C=O) groups excluding carboxylic acids is 1. The highest BCUT2D eigenvalue weighted by Crippen LogP contribution is 2.13. The Kier molecular flexibility index (Phi) is 3.60. The highest BCUT2D eigenvalue weighted by molar-refractivity contribution is 9.10. The fourth-order valence-corrected chi connectivity index (χ4v) is 1.24. The normalized spacial score (nSPS) is 12.5. The van der Waals surface area contributed by atoms with Gasteiger partial charge in [-0.1, -0.05) is 22.9 Å². The van der Waals surface area contributed by atoms with Crippen LogP contribution in [0.4, 0.5) is 4.39 Å². The molecule has 0 aliphatic heterocycles. The Bertz CT molecular complexity index is 294. The summed E-state index contributed by atoms with van der Waals surface area (Å²) in [4.78, 5) is 11.3. The second-order valence-corrected chi connectivity index (χ2v) is 3.85. The summed E-state index contributed by atoms with van der Waals surface area (Å²) in [7, 11) is 0. The third-order valence-electron chi connectivity index (χ3n) is 1.77. The van der Waals surface area contributed by atoms with Crippen LogP contribution in [0.15, 0.2) is 24.3 Å². The van der Waals surface area contributed by atoms with Gasteiger partial charge in [-0.2, -0.15) is 0 Å². The maximum absolute atomic E-state index is 12.5. The molecule has 3 heteroatoms. The molecule has 0 spiro atoms. The molecule has 1 nitrogen and oxygen atoms in total. The summed E-state index contributed by atoms with van der Waals surface area (Å²) in [5.41, 5.74) is 0.546. The van der Waals surface area contributed by atoms with Gasteiger partial charge in [-0.05, 0) is 30.7 Å². The highest BCUT2D eigenvalue weighted by atomic mass is 79.9. The Labute approximate surface area is 85.1 Å². The van der Waals surface area contributed by atoms with Crippen molar-refractivity contribution < 1.29 is 9.18 Å². The van der Waals surface area contributed by atoms with Gasteiger partial charge in [0.15, 0.2) is 5.78 Å². The van der Waals surface area contributed by atoms with Gasteiger partial charge < -0.3 is 0 Å². The third kappa shape index (κ3) is 2.62. The Morgan fingerprint density at radius 3 is 2.46 bits per heavy atom. The predicted octanol–water partition coefficient (Wildman–Crippen LogP) is 3.18. The number of rotatable bonds is 3. The van der Waals surface area contributed by atoms with Gasteiger partial charge in [0.05, 0.1) is 4.83 Å². The number of hydrogen-bond acceptors (Lipinski definition) is 1. The van der Waals surface area contributed by atoms with Gasteiger partial charge in [-0.25, -0.2) is 4.39 Å². The number of halogens is 2. The zero-order valence-corrected chi connectivity index (χ0v) is 8.84. The van der Waals surface area contributed by atoms with E-state index < -0.39 is 0 Å². The van der Waals surface area contributed by atoms with E-state index in [0.717, 1.165) is 6.42 Å². The van der Waals surface area contributed by atoms with Crippen molar-refractivity contribution in [2.45, 2.75) is 18.2 Å². The van der Waals surface area contributed by atoms with E-state index in [0.29, 0.717) is 5.56 Å². The summed E-state index contributed by atoms with van der Waals surface area (Å²) in [6.45, 7) is 1.92. The molecule has 1 atom stereocenters. The lowest BCUT2D eigenvalue weighted by atomic mass is 10.1. The first-order valence-corrected chi connectivity index (χ1v) is 5.00. The lowest BCUT2D eigenvalue weighted by molar-refractivity contribution is 0.0990. The minimum Gasteiger partial charge on any atom is -0.293 e. The van der Waals surface area contributed by atoms with Crippen LogP contribution < -0.4 is 0 Å². The molecule has 0 amide bonds. The number of ketones is 1. The first-order valence-electron chi connectivity index (χ1n) is 4.09. The van der Waals surface area contributed by atoms with Crippen molar-refractivity contribution >= 4 is 21.7 Å². The number of Topliss-reactive ketones (excluding diaryl/α,β-unsaturated/α-hetero) is 1. The predicted molar refractivity (Wildman–Crippen MR) is 53.7 cm³/mol. The van der Waals surface area contributed by atoms with Crippen LogP contribution >= 0.6 is 15.9 Å². The zero-order valence-electron chi connectivity index (χ0n) is 7.26. The van der Waals surface area contributed by atoms with Crippen molar-refractivity contribution in [3.05, 3.63) is 35.6 Å². The van der Waals surface area contributed by atoms with Crippen LogP contribution in [0.5, 0.6) is 0 Å². The van der Waals surface area contributed by atoms with Gasteiger partial charge in [-0.15, -0.1) is 0 Å². The van der Waals surface area contributed by atoms with Gasteiger partial charge in [0, 0.05) is 5.56 Å². The molecular formula is C10H10BrFO. The minimum atomic E-state index is -0.320. The Morgan fingerprint density at radius 1 is 1.46 bits per heavy atom. The number of benzene rings is 1. The average Bonchev–Trinajstić information content (AvgIpc) is 2.17. The largest absolute Gasteiger partial charge is 0.293 e. The quantitative estimate of drug-likeness (QED) is 0.590. The highest BCUT2D eigenvalue weighted by Gasteiger charge is 2.14. The van der Waals surface area contributed by atoms with Gasteiger partial charge in [0.1, 0.15) is 5.82 Å². The summed E-state index contributed by atoms with van der Waals surface area (Å²) in [6, 6.07) is 5.59. The standard InChI is InChI=1S/C10H10BrFO/c1-2-9(11)10(13)7-3-5-8(12)6-4-7/h3-6,9H,2H2,1H3. The topological polar surface area (TPSA) is 17.1 Å². The molecule has 0 heterocycles. The van der Waals surface area contributed by atoms with Crippen LogP contribution in [0.2, 0.25) is 0 Å². The summed E-state index contributed by atoms with van der Waals surface area (Å²) in [5, 5.41) is 0. The lowest BCUT2D eigenvalue weighted by Gasteiger charge is -2.04. The molecular weight excluding hydrogens is 235 g/mol. The smallest absolute Gasteiger partial charge is 0.176 e. The molecule has 0 aliphatic carbocycles. The van der Waals surface area contributed by atoms with Crippen molar-refractivity contribution in [3.8, 4) is 0 Å². The van der Waals surface area contributed by atoms with E-state index in [2.05, 4.69) is 15.9 Å². The van der Waals surface area contributed by atoms with Crippen LogP contribution in [0, 0.1) is 5.82 Å². The van der Waals surface area contributed by atoms with Crippen molar-refractivity contribution in [3.63, 3.8) is 0 Å². The Balaban J connectivity index is 2.83. The zero-order chi connectivity index (χ0) is 9.84. The van der Waals surface area contributed by atoms with E-state index >= 15 is 0 Å². The summed E-state index contributed by atoms with van der Waals surface area (Å²) >= 11 is 3.25. The summed E-state index contributed by atoms with van der Waals surface area (Å²) in [6.07, 6.45) is 0.732. The molecule has 0 bridgehead atoms. The van der Waals surface area contributed by atoms with Crippen molar-refractivity contribution in [1.82, 2.24) is 0 Å². The van der Waals surface area contributed by atoms with Crippen molar-refractivity contribution in [2.75, 3.05) is 0 Å². The van der Waals surface area contributed by atoms with Gasteiger partial charge in [-0.3, -0.25) is 4.79 Å².